The number of benzene rings is 1. The Balaban J connectivity index is 1.60. The highest BCUT2D eigenvalue weighted by atomic mass is 16.5. The summed E-state index contributed by atoms with van der Waals surface area (Å²) in [7, 11) is 0. The molecule has 1 aromatic rings. The summed E-state index contributed by atoms with van der Waals surface area (Å²) in [6, 6.07) is 6.06. The van der Waals surface area contributed by atoms with Gasteiger partial charge in [0.05, 0.1) is 19.3 Å². The molecule has 2 heterocycles. The van der Waals surface area contributed by atoms with E-state index in [2.05, 4.69) is 15.5 Å². The van der Waals surface area contributed by atoms with Gasteiger partial charge in [-0.1, -0.05) is 26.0 Å². The van der Waals surface area contributed by atoms with Crippen LogP contribution in [0.15, 0.2) is 24.3 Å². The second kappa shape index (κ2) is 10.8. The number of rotatable bonds is 8. The van der Waals surface area contributed by atoms with Gasteiger partial charge in [0.2, 0.25) is 5.91 Å². The van der Waals surface area contributed by atoms with E-state index < -0.39 is 12.1 Å². The average Bonchev–Trinajstić information content (AvgIpc) is 3.06. The summed E-state index contributed by atoms with van der Waals surface area (Å²) in [4.78, 5) is 39.9. The van der Waals surface area contributed by atoms with Gasteiger partial charge in [0, 0.05) is 25.2 Å². The molecule has 8 nitrogen and oxygen atoms in total. The van der Waals surface area contributed by atoms with E-state index in [0.717, 1.165) is 38.4 Å². The molecule has 3 rings (SSSR count). The first-order valence-electron chi connectivity index (χ1n) is 11.0. The van der Waals surface area contributed by atoms with Crippen molar-refractivity contribution in [3.8, 4) is 0 Å². The van der Waals surface area contributed by atoms with Crippen molar-refractivity contribution in [3.05, 3.63) is 35.4 Å². The number of carbonyl (C=O) groups is 3. The number of morpholine rings is 1. The Hall–Kier alpha value is -2.29. The largest absolute Gasteiger partial charge is 0.379 e. The lowest BCUT2D eigenvalue weighted by atomic mass is 10.0. The molecule has 1 aromatic carbocycles. The molecular weight excluding hydrogens is 398 g/mol. The molecular formula is C23H33N3O5. The fourth-order valence-corrected chi connectivity index (χ4v) is 3.84. The van der Waals surface area contributed by atoms with Gasteiger partial charge < -0.3 is 20.1 Å². The predicted octanol–water partition coefficient (Wildman–Crippen LogP) is 1.14. The second-order valence-corrected chi connectivity index (χ2v) is 8.71. The first kappa shape index (κ1) is 23.4. The van der Waals surface area contributed by atoms with Crippen molar-refractivity contribution in [3.63, 3.8) is 0 Å². The van der Waals surface area contributed by atoms with Crippen molar-refractivity contribution in [2.24, 2.45) is 5.92 Å². The number of amides is 2. The monoisotopic (exact) mass is 431 g/mol. The lowest BCUT2D eigenvalue weighted by Gasteiger charge is -2.26. The van der Waals surface area contributed by atoms with Crippen LogP contribution in [-0.2, 0) is 25.6 Å². The Bertz CT molecular complexity index is 774. The van der Waals surface area contributed by atoms with Gasteiger partial charge in [-0.2, -0.15) is 0 Å². The molecule has 3 atom stereocenters. The number of nitrogens with one attached hydrogen (secondary N) is 2. The molecule has 2 amide bonds. The average molecular weight is 432 g/mol. The van der Waals surface area contributed by atoms with Crippen LogP contribution in [0.1, 0.15) is 43.1 Å². The van der Waals surface area contributed by atoms with Crippen LogP contribution in [0.2, 0.25) is 0 Å². The number of hydrogen-bond donors (Lipinski definition) is 2. The Morgan fingerprint density at radius 2 is 1.84 bits per heavy atom. The van der Waals surface area contributed by atoms with E-state index in [1.807, 2.05) is 26.0 Å². The van der Waals surface area contributed by atoms with Gasteiger partial charge in [-0.25, -0.2) is 0 Å². The van der Waals surface area contributed by atoms with Gasteiger partial charge in [0.15, 0.2) is 5.78 Å². The lowest BCUT2D eigenvalue weighted by molar-refractivity contribution is -0.127. The summed E-state index contributed by atoms with van der Waals surface area (Å²) < 4.78 is 10.7. The maximum absolute atomic E-state index is 12.8. The van der Waals surface area contributed by atoms with Gasteiger partial charge in [-0.15, -0.1) is 0 Å². The smallest absolute Gasteiger partial charge is 0.251 e. The van der Waals surface area contributed by atoms with Crippen molar-refractivity contribution < 1.29 is 23.9 Å². The van der Waals surface area contributed by atoms with Crippen LogP contribution < -0.4 is 10.6 Å². The number of nitrogens with zero attached hydrogens (tertiary/aromatic N) is 1. The third-order valence-electron chi connectivity index (χ3n) is 5.66. The molecule has 1 unspecified atom stereocenters. The van der Waals surface area contributed by atoms with Gasteiger partial charge in [0.1, 0.15) is 18.7 Å². The third-order valence-corrected chi connectivity index (χ3v) is 5.66. The normalized spacial score (nSPS) is 23.0. The van der Waals surface area contributed by atoms with E-state index in [1.165, 1.54) is 0 Å². The first-order chi connectivity index (χ1) is 14.8. The van der Waals surface area contributed by atoms with Crippen molar-refractivity contribution in [2.75, 3.05) is 32.9 Å². The van der Waals surface area contributed by atoms with Gasteiger partial charge in [-0.05, 0) is 37.0 Å². The molecule has 170 valence electrons. The van der Waals surface area contributed by atoms with E-state index in [9.17, 15) is 14.4 Å². The highest BCUT2D eigenvalue weighted by Crippen LogP contribution is 2.13. The molecule has 2 aliphatic rings. The van der Waals surface area contributed by atoms with E-state index in [0.29, 0.717) is 12.0 Å². The topological polar surface area (TPSA) is 97.0 Å². The zero-order chi connectivity index (χ0) is 22.4. The molecule has 0 bridgehead atoms. The van der Waals surface area contributed by atoms with Crippen LogP contribution in [0, 0.1) is 5.92 Å². The number of hydrogen-bond acceptors (Lipinski definition) is 6. The summed E-state index contributed by atoms with van der Waals surface area (Å²) in [6.45, 7) is 9.85. The van der Waals surface area contributed by atoms with Gasteiger partial charge >= 0.3 is 0 Å². The molecule has 2 fully saturated rings. The fourth-order valence-electron chi connectivity index (χ4n) is 3.84. The molecule has 0 aromatic heterocycles. The molecule has 31 heavy (non-hydrogen) atoms. The zero-order valence-electron chi connectivity index (χ0n) is 18.6. The van der Waals surface area contributed by atoms with Crippen molar-refractivity contribution in [1.82, 2.24) is 15.5 Å². The molecule has 8 heteroatoms. The molecule has 2 N–H and O–H groups in total. The number of carbonyl (C=O) groups excluding carboxylic acids is 3. The summed E-state index contributed by atoms with van der Waals surface area (Å²) in [6.07, 6.45) is 0.105. The summed E-state index contributed by atoms with van der Waals surface area (Å²) in [5, 5.41) is 5.59. The van der Waals surface area contributed by atoms with Gasteiger partial charge in [-0.3, -0.25) is 19.3 Å². The van der Waals surface area contributed by atoms with E-state index >= 15 is 0 Å². The van der Waals surface area contributed by atoms with Crippen LogP contribution in [0.3, 0.4) is 0 Å². The van der Waals surface area contributed by atoms with Crippen LogP contribution in [-0.4, -0.2) is 73.6 Å². The minimum Gasteiger partial charge on any atom is -0.379 e. The Morgan fingerprint density at radius 3 is 2.42 bits per heavy atom. The third kappa shape index (κ3) is 6.59. The molecule has 0 radical (unpaired) electrons. The number of ether oxygens (including phenoxy) is 2. The van der Waals surface area contributed by atoms with Crippen LogP contribution >= 0.6 is 0 Å². The number of ketones is 1. The predicted molar refractivity (Wildman–Crippen MR) is 116 cm³/mol. The SMILES string of the molecule is CC(C)CC(NC(=O)c1ccc(CN2CCOCC2)cc1)C(=O)N[C@@H]1C(=O)CO[C@@H]1C. The second-order valence-electron chi connectivity index (χ2n) is 8.71. The van der Waals surface area contributed by atoms with Crippen molar-refractivity contribution >= 4 is 17.6 Å². The summed E-state index contributed by atoms with van der Waals surface area (Å²) >= 11 is 0. The minimum atomic E-state index is -0.721. The molecule has 2 saturated heterocycles. The molecule has 0 spiro atoms. The van der Waals surface area contributed by atoms with E-state index in [4.69, 9.17) is 9.47 Å². The van der Waals surface area contributed by atoms with Crippen molar-refractivity contribution in [1.29, 1.82) is 0 Å². The summed E-state index contributed by atoms with van der Waals surface area (Å²) in [5.74, 6) is -0.617. The Kier molecular flexibility index (Phi) is 8.17. The first-order valence-corrected chi connectivity index (χ1v) is 11.0. The highest BCUT2D eigenvalue weighted by Gasteiger charge is 2.35. The maximum Gasteiger partial charge on any atom is 0.251 e. The quantitative estimate of drug-likeness (QED) is 0.641. The van der Waals surface area contributed by atoms with Crippen LogP contribution in [0.5, 0.6) is 0 Å². The highest BCUT2D eigenvalue weighted by molar-refractivity contribution is 5.99. The Morgan fingerprint density at radius 1 is 1.16 bits per heavy atom. The van der Waals surface area contributed by atoms with E-state index in [-0.39, 0.29) is 36.2 Å². The van der Waals surface area contributed by atoms with Gasteiger partial charge in [0.25, 0.3) is 5.91 Å². The molecule has 0 aliphatic carbocycles. The maximum atomic E-state index is 12.8. The molecule has 0 saturated carbocycles. The van der Waals surface area contributed by atoms with E-state index in [1.54, 1.807) is 19.1 Å². The molecule has 2 aliphatic heterocycles. The van der Waals surface area contributed by atoms with Crippen LogP contribution in [0.4, 0.5) is 0 Å². The minimum absolute atomic E-state index is 0.00409. The van der Waals surface area contributed by atoms with Crippen molar-refractivity contribution in [2.45, 2.75) is 51.9 Å². The lowest BCUT2D eigenvalue weighted by Crippen LogP contribution is -2.53. The standard InChI is InChI=1S/C23H33N3O5/c1-15(2)12-19(23(29)25-21-16(3)31-14-20(21)27)24-22(28)18-6-4-17(5-7-18)13-26-8-10-30-11-9-26/h4-7,15-16,19,21H,8-14H2,1-3H3,(H,24,28)(H,25,29)/t16-,19?,21+/m1/s1. The fraction of sp³-hybridized carbons (Fsp3) is 0.609. The zero-order valence-corrected chi connectivity index (χ0v) is 18.6. The summed E-state index contributed by atoms with van der Waals surface area (Å²) in [5.41, 5.74) is 1.63. The van der Waals surface area contributed by atoms with Crippen LogP contribution in [0.25, 0.3) is 0 Å². The Labute approximate surface area is 183 Å². The number of Topliss-reactive ketones (excluding diaryl/α,β-unsaturated/α-hetero) is 1.